The van der Waals surface area contributed by atoms with Gasteiger partial charge in [0, 0.05) is 18.2 Å². The second kappa shape index (κ2) is 8.98. The SMILES string of the molecule is Cc1nc(C(=O)Nc2ccc(Cl)cn2)c(NC(=O)C2CCN(C(C)C)CC2)s1. The number of thiazole rings is 1. The Kier molecular flexibility index (Phi) is 6.64. The first-order valence-electron chi connectivity index (χ1n) is 9.28. The van der Waals surface area contributed by atoms with Crippen molar-refractivity contribution in [2.45, 2.75) is 39.7 Å². The van der Waals surface area contributed by atoms with Gasteiger partial charge in [0.25, 0.3) is 5.91 Å². The Bertz CT molecular complexity index is 845. The second-order valence-electron chi connectivity index (χ2n) is 7.12. The topological polar surface area (TPSA) is 87.2 Å². The summed E-state index contributed by atoms with van der Waals surface area (Å²) in [7, 11) is 0. The monoisotopic (exact) mass is 421 g/mol. The Morgan fingerprint density at radius 3 is 2.57 bits per heavy atom. The van der Waals surface area contributed by atoms with Gasteiger partial charge in [-0.15, -0.1) is 11.3 Å². The number of nitrogens with one attached hydrogen (secondary N) is 2. The molecule has 0 saturated carbocycles. The zero-order chi connectivity index (χ0) is 20.3. The van der Waals surface area contributed by atoms with Gasteiger partial charge in [0.05, 0.1) is 10.0 Å². The normalized spacial score (nSPS) is 15.6. The van der Waals surface area contributed by atoms with Crippen LogP contribution in [-0.2, 0) is 4.79 Å². The molecule has 3 rings (SSSR count). The van der Waals surface area contributed by atoms with Gasteiger partial charge in [0.15, 0.2) is 5.69 Å². The molecule has 1 fully saturated rings. The van der Waals surface area contributed by atoms with Crippen molar-refractivity contribution in [2.75, 3.05) is 23.7 Å². The standard InChI is InChI=1S/C19H24ClN5O2S/c1-11(2)25-8-6-13(7-9-25)17(26)24-19-16(22-12(3)28-19)18(27)23-15-5-4-14(20)10-21-15/h4-5,10-11,13H,6-9H2,1-3H3,(H,24,26)(H,21,23,27). The van der Waals surface area contributed by atoms with Crippen LogP contribution in [0, 0.1) is 12.8 Å². The number of aryl methyl sites for hydroxylation is 1. The molecule has 0 bridgehead atoms. The first kappa shape index (κ1) is 20.7. The predicted molar refractivity (Wildman–Crippen MR) is 112 cm³/mol. The molecule has 28 heavy (non-hydrogen) atoms. The largest absolute Gasteiger partial charge is 0.315 e. The Balaban J connectivity index is 1.65. The van der Waals surface area contributed by atoms with Crippen molar-refractivity contribution in [3.8, 4) is 0 Å². The minimum Gasteiger partial charge on any atom is -0.315 e. The number of carbonyl (C=O) groups is 2. The third-order valence-corrected chi connectivity index (χ3v) is 5.90. The molecule has 1 saturated heterocycles. The number of anilines is 2. The van der Waals surface area contributed by atoms with E-state index in [4.69, 9.17) is 11.6 Å². The van der Waals surface area contributed by atoms with Crippen LogP contribution in [0.4, 0.5) is 10.8 Å². The summed E-state index contributed by atoms with van der Waals surface area (Å²) in [5.41, 5.74) is 0.201. The summed E-state index contributed by atoms with van der Waals surface area (Å²) in [6.07, 6.45) is 3.09. The maximum Gasteiger partial charge on any atom is 0.278 e. The van der Waals surface area contributed by atoms with Crippen LogP contribution < -0.4 is 10.6 Å². The van der Waals surface area contributed by atoms with Crippen molar-refractivity contribution in [1.82, 2.24) is 14.9 Å². The van der Waals surface area contributed by atoms with E-state index >= 15 is 0 Å². The van der Waals surface area contributed by atoms with E-state index in [0.29, 0.717) is 26.9 Å². The lowest BCUT2D eigenvalue weighted by Crippen LogP contribution is -2.41. The number of rotatable bonds is 5. The molecule has 1 aliphatic heterocycles. The molecule has 0 atom stereocenters. The van der Waals surface area contributed by atoms with E-state index in [9.17, 15) is 9.59 Å². The van der Waals surface area contributed by atoms with Crippen molar-refractivity contribution in [2.24, 2.45) is 5.92 Å². The van der Waals surface area contributed by atoms with Crippen LogP contribution in [0.25, 0.3) is 0 Å². The van der Waals surface area contributed by atoms with Crippen molar-refractivity contribution < 1.29 is 9.59 Å². The van der Waals surface area contributed by atoms with Gasteiger partial charge in [-0.2, -0.15) is 0 Å². The van der Waals surface area contributed by atoms with Gasteiger partial charge < -0.3 is 15.5 Å². The zero-order valence-electron chi connectivity index (χ0n) is 16.2. The second-order valence-corrected chi connectivity index (χ2v) is 8.76. The number of hydrogen-bond donors (Lipinski definition) is 2. The van der Waals surface area contributed by atoms with Crippen molar-refractivity contribution in [3.63, 3.8) is 0 Å². The summed E-state index contributed by atoms with van der Waals surface area (Å²) in [4.78, 5) is 36.0. The van der Waals surface area contributed by atoms with E-state index in [1.807, 2.05) is 0 Å². The molecule has 0 aromatic carbocycles. The number of nitrogens with zero attached hydrogens (tertiary/aromatic N) is 3. The van der Waals surface area contributed by atoms with Crippen LogP contribution in [0.5, 0.6) is 0 Å². The highest BCUT2D eigenvalue weighted by Crippen LogP contribution is 2.27. The smallest absolute Gasteiger partial charge is 0.278 e. The fraction of sp³-hybridized carbons (Fsp3) is 0.474. The molecule has 2 N–H and O–H groups in total. The van der Waals surface area contributed by atoms with Gasteiger partial charge in [-0.25, -0.2) is 9.97 Å². The number of aromatic nitrogens is 2. The molecule has 9 heteroatoms. The molecule has 0 radical (unpaired) electrons. The van der Waals surface area contributed by atoms with E-state index in [1.54, 1.807) is 19.1 Å². The van der Waals surface area contributed by atoms with E-state index in [0.717, 1.165) is 25.9 Å². The van der Waals surface area contributed by atoms with E-state index in [-0.39, 0.29) is 17.5 Å². The van der Waals surface area contributed by atoms with E-state index in [2.05, 4.69) is 39.3 Å². The maximum absolute atomic E-state index is 12.7. The summed E-state index contributed by atoms with van der Waals surface area (Å²) in [5.74, 6) is -0.139. The molecule has 1 aliphatic rings. The van der Waals surface area contributed by atoms with Gasteiger partial charge in [-0.05, 0) is 58.8 Å². The van der Waals surface area contributed by atoms with Crippen molar-refractivity contribution in [1.29, 1.82) is 0 Å². The number of piperidine rings is 1. The molecule has 150 valence electrons. The van der Waals surface area contributed by atoms with Crippen LogP contribution >= 0.6 is 22.9 Å². The Labute approximate surface area is 173 Å². The van der Waals surface area contributed by atoms with Gasteiger partial charge >= 0.3 is 0 Å². The number of pyridine rings is 1. The molecule has 7 nitrogen and oxygen atoms in total. The van der Waals surface area contributed by atoms with Gasteiger partial charge in [0.1, 0.15) is 10.8 Å². The number of carbonyl (C=O) groups excluding carboxylic acids is 2. The highest BCUT2D eigenvalue weighted by atomic mass is 35.5. The first-order valence-corrected chi connectivity index (χ1v) is 10.5. The van der Waals surface area contributed by atoms with E-state index < -0.39 is 5.91 Å². The number of likely N-dealkylation sites (tertiary alicyclic amines) is 1. The lowest BCUT2D eigenvalue weighted by molar-refractivity contribution is -0.121. The fourth-order valence-corrected chi connectivity index (χ4v) is 4.11. The van der Waals surface area contributed by atoms with E-state index in [1.165, 1.54) is 17.5 Å². The first-order chi connectivity index (χ1) is 13.3. The molecule has 0 aliphatic carbocycles. The maximum atomic E-state index is 12.7. The summed E-state index contributed by atoms with van der Waals surface area (Å²) < 4.78 is 0. The Morgan fingerprint density at radius 1 is 1.25 bits per heavy atom. The summed E-state index contributed by atoms with van der Waals surface area (Å²) >= 11 is 7.11. The van der Waals surface area contributed by atoms with Gasteiger partial charge in [-0.1, -0.05) is 11.6 Å². The van der Waals surface area contributed by atoms with Crippen molar-refractivity contribution in [3.05, 3.63) is 34.1 Å². The van der Waals surface area contributed by atoms with Crippen LogP contribution in [0.1, 0.15) is 42.2 Å². The van der Waals surface area contributed by atoms with Gasteiger partial charge in [-0.3, -0.25) is 9.59 Å². The quantitative estimate of drug-likeness (QED) is 0.766. The van der Waals surface area contributed by atoms with Crippen LogP contribution in [-0.4, -0.2) is 45.8 Å². The van der Waals surface area contributed by atoms with Crippen LogP contribution in [0.2, 0.25) is 5.02 Å². The molecule has 2 aromatic rings. The van der Waals surface area contributed by atoms with Crippen LogP contribution in [0.3, 0.4) is 0 Å². The molecule has 2 amide bonds. The molecule has 0 spiro atoms. The average molecular weight is 422 g/mol. The predicted octanol–water partition coefficient (Wildman–Crippen LogP) is 3.81. The minimum absolute atomic E-state index is 0.0498. The molecule has 0 unspecified atom stereocenters. The number of hydrogen-bond acceptors (Lipinski definition) is 6. The van der Waals surface area contributed by atoms with Crippen LogP contribution in [0.15, 0.2) is 18.3 Å². The highest BCUT2D eigenvalue weighted by Gasteiger charge is 2.28. The number of halogens is 1. The Hall–Kier alpha value is -2.03. The lowest BCUT2D eigenvalue weighted by Gasteiger charge is -2.33. The van der Waals surface area contributed by atoms with Crippen molar-refractivity contribution >= 4 is 45.6 Å². The average Bonchev–Trinajstić information content (AvgIpc) is 3.04. The summed E-state index contributed by atoms with van der Waals surface area (Å²) in [6, 6.07) is 3.74. The fourth-order valence-electron chi connectivity index (χ4n) is 3.18. The molecular weight excluding hydrogens is 398 g/mol. The Morgan fingerprint density at radius 2 is 1.96 bits per heavy atom. The third kappa shape index (κ3) is 5.06. The third-order valence-electron chi connectivity index (χ3n) is 4.79. The highest BCUT2D eigenvalue weighted by molar-refractivity contribution is 7.16. The van der Waals surface area contributed by atoms with Gasteiger partial charge in [0.2, 0.25) is 5.91 Å². The zero-order valence-corrected chi connectivity index (χ0v) is 17.7. The lowest BCUT2D eigenvalue weighted by atomic mass is 9.95. The summed E-state index contributed by atoms with van der Waals surface area (Å²) in [6.45, 7) is 7.96. The molecular formula is C19H24ClN5O2S. The summed E-state index contributed by atoms with van der Waals surface area (Å²) in [5, 5.41) is 7.27. The molecule has 3 heterocycles. The minimum atomic E-state index is -0.413. The molecule has 2 aromatic heterocycles. The number of amides is 2.